The van der Waals surface area contributed by atoms with Crippen molar-refractivity contribution in [2.24, 2.45) is 5.92 Å². The van der Waals surface area contributed by atoms with E-state index in [1.165, 1.54) is 0 Å². The number of hydrogen-bond donors (Lipinski definition) is 1. The van der Waals surface area contributed by atoms with Gasteiger partial charge in [-0.3, -0.25) is 0 Å². The Labute approximate surface area is 161 Å². The fraction of sp³-hybridized carbons (Fsp3) is 0.632. The summed E-state index contributed by atoms with van der Waals surface area (Å²) in [6, 6.07) is 9.33. The van der Waals surface area contributed by atoms with E-state index in [1.54, 1.807) is 0 Å². The van der Waals surface area contributed by atoms with Gasteiger partial charge in [0.15, 0.2) is 11.7 Å². The van der Waals surface area contributed by atoms with Gasteiger partial charge in [0.05, 0.1) is 20.6 Å². The van der Waals surface area contributed by atoms with Crippen molar-refractivity contribution < 1.29 is 43.1 Å². The monoisotopic (exact) mass is 445 g/mol. The number of hydrogen-bond acceptors (Lipinski definition) is 3. The normalized spacial score (nSPS) is 25.7. The summed E-state index contributed by atoms with van der Waals surface area (Å²) in [5.41, 5.74) is -0.832. The molecule has 1 N–H and O–H groups in total. The fourth-order valence-electron chi connectivity index (χ4n) is 4.12. The van der Waals surface area contributed by atoms with Crippen molar-refractivity contribution in [1.82, 2.24) is 0 Å². The molecular formula is C19H28INO3. The van der Waals surface area contributed by atoms with Crippen LogP contribution in [0.25, 0.3) is 0 Å². The number of carbonyl (C=O) groups excluding carboxylic acids is 1. The number of aliphatic hydroxyl groups is 1. The van der Waals surface area contributed by atoms with Gasteiger partial charge in [-0.1, -0.05) is 43.2 Å². The molecule has 24 heavy (non-hydrogen) atoms. The molecule has 134 valence electrons. The first kappa shape index (κ1) is 19.7. The van der Waals surface area contributed by atoms with Crippen LogP contribution in [0.15, 0.2) is 30.3 Å². The van der Waals surface area contributed by atoms with E-state index in [9.17, 15) is 9.90 Å². The molecule has 1 aliphatic carbocycles. The Morgan fingerprint density at radius 3 is 2.33 bits per heavy atom. The first-order valence-corrected chi connectivity index (χ1v) is 8.73. The number of carbonyl (C=O) groups is 1. The van der Waals surface area contributed by atoms with E-state index < -0.39 is 11.6 Å². The fourth-order valence-corrected chi connectivity index (χ4v) is 4.12. The maximum Gasteiger partial charge on any atom is 0.343 e. The van der Waals surface area contributed by atoms with Crippen LogP contribution in [0.3, 0.4) is 0 Å². The topological polar surface area (TPSA) is 46.5 Å². The maximum atomic E-state index is 12.9. The van der Waals surface area contributed by atoms with Crippen LogP contribution in [0.1, 0.15) is 37.7 Å². The molecule has 0 amide bonds. The highest BCUT2D eigenvalue weighted by atomic mass is 127. The Morgan fingerprint density at radius 2 is 1.79 bits per heavy atom. The van der Waals surface area contributed by atoms with E-state index in [4.69, 9.17) is 4.74 Å². The highest BCUT2D eigenvalue weighted by Gasteiger charge is 2.49. The van der Waals surface area contributed by atoms with Crippen molar-refractivity contribution in [1.29, 1.82) is 0 Å². The second kappa shape index (κ2) is 7.70. The van der Waals surface area contributed by atoms with Crippen LogP contribution in [-0.2, 0) is 15.1 Å². The van der Waals surface area contributed by atoms with Crippen molar-refractivity contribution in [3.05, 3.63) is 35.9 Å². The van der Waals surface area contributed by atoms with Crippen LogP contribution < -0.4 is 24.0 Å². The van der Waals surface area contributed by atoms with Crippen LogP contribution in [0.2, 0.25) is 0 Å². The van der Waals surface area contributed by atoms with Crippen molar-refractivity contribution in [3.63, 3.8) is 0 Å². The number of quaternary nitrogens is 1. The molecule has 1 saturated carbocycles. The van der Waals surface area contributed by atoms with Gasteiger partial charge in [-0.15, -0.1) is 0 Å². The van der Waals surface area contributed by atoms with Crippen LogP contribution in [0.5, 0.6) is 0 Å². The summed E-state index contributed by atoms with van der Waals surface area (Å²) in [5, 5.41) is 11.4. The zero-order valence-corrected chi connectivity index (χ0v) is 16.7. The van der Waals surface area contributed by atoms with E-state index >= 15 is 0 Å². The molecule has 0 bridgehead atoms. The lowest BCUT2D eigenvalue weighted by Gasteiger charge is -2.33. The zero-order chi connectivity index (χ0) is 16.5. The Bertz CT molecular complexity index is 557. The Balaban J connectivity index is 0.00000208. The standard InChI is InChI=1S/C19H28NO3.HI/c1-20(2)13-12-17(14-20)23-18(21)19(22,16-10-6-7-11-16)15-8-4-3-5-9-15;/h3-5,8-9,16-17,22H,6-7,10-14H2,1-2H3;1H/q+1;/p-1/t17-,19+;/m1./s1. The summed E-state index contributed by atoms with van der Waals surface area (Å²) < 4.78 is 6.64. The lowest BCUT2D eigenvalue weighted by atomic mass is 9.80. The quantitative estimate of drug-likeness (QED) is 0.385. The van der Waals surface area contributed by atoms with Gasteiger partial charge >= 0.3 is 5.97 Å². The molecule has 2 atom stereocenters. The number of nitrogens with zero attached hydrogens (tertiary/aromatic N) is 1. The average molecular weight is 445 g/mol. The van der Waals surface area contributed by atoms with Crippen molar-refractivity contribution in [2.45, 2.75) is 43.8 Å². The molecule has 0 spiro atoms. The summed E-state index contributed by atoms with van der Waals surface area (Å²) >= 11 is 0. The Morgan fingerprint density at radius 1 is 1.17 bits per heavy atom. The van der Waals surface area contributed by atoms with Gasteiger partial charge in [-0.05, 0) is 18.4 Å². The van der Waals surface area contributed by atoms with Gasteiger partial charge in [0.25, 0.3) is 0 Å². The van der Waals surface area contributed by atoms with E-state index in [0.29, 0.717) is 5.56 Å². The van der Waals surface area contributed by atoms with E-state index in [-0.39, 0.29) is 36.0 Å². The summed E-state index contributed by atoms with van der Waals surface area (Å²) in [4.78, 5) is 12.9. The summed E-state index contributed by atoms with van der Waals surface area (Å²) in [6.45, 7) is 1.83. The molecule has 0 radical (unpaired) electrons. The number of benzene rings is 1. The number of esters is 1. The molecule has 0 aromatic heterocycles. The maximum absolute atomic E-state index is 12.9. The van der Waals surface area contributed by atoms with Crippen LogP contribution in [0, 0.1) is 5.92 Å². The highest BCUT2D eigenvalue weighted by Crippen LogP contribution is 2.42. The molecule has 4 nitrogen and oxygen atoms in total. The number of rotatable bonds is 4. The number of halogens is 1. The van der Waals surface area contributed by atoms with E-state index in [1.807, 2.05) is 30.3 Å². The average Bonchev–Trinajstić information content (AvgIpc) is 3.17. The van der Waals surface area contributed by atoms with E-state index in [0.717, 1.165) is 49.7 Å². The second-order valence-corrected chi connectivity index (χ2v) is 7.77. The minimum atomic E-state index is -1.50. The number of likely N-dealkylation sites (N-methyl/N-ethyl adjacent to an activating group) is 1. The molecule has 0 unspecified atom stereocenters. The Kier molecular flexibility index (Phi) is 6.31. The lowest BCUT2D eigenvalue weighted by Crippen LogP contribution is -3.00. The van der Waals surface area contributed by atoms with Crippen LogP contribution in [0.4, 0.5) is 0 Å². The molecule has 1 aromatic carbocycles. The summed E-state index contributed by atoms with van der Waals surface area (Å²) in [6.07, 6.45) is 4.68. The predicted molar refractivity (Wildman–Crippen MR) is 88.6 cm³/mol. The predicted octanol–water partition coefficient (Wildman–Crippen LogP) is -0.540. The SMILES string of the molecule is C[N+]1(C)CC[C@@H](OC(=O)[C@](O)(c2ccccc2)C2CCCC2)C1.[I-]. The summed E-state index contributed by atoms with van der Waals surface area (Å²) in [7, 11) is 4.29. The van der Waals surface area contributed by atoms with Gasteiger partial charge in [-0.25, -0.2) is 4.79 Å². The van der Waals surface area contributed by atoms with Crippen molar-refractivity contribution in [3.8, 4) is 0 Å². The third-order valence-corrected chi connectivity index (χ3v) is 5.50. The van der Waals surface area contributed by atoms with Gasteiger partial charge in [-0.2, -0.15) is 0 Å². The van der Waals surface area contributed by atoms with Gasteiger partial charge in [0.2, 0.25) is 0 Å². The second-order valence-electron chi connectivity index (χ2n) is 7.77. The summed E-state index contributed by atoms with van der Waals surface area (Å²) in [5.74, 6) is -0.496. The zero-order valence-electron chi connectivity index (χ0n) is 14.6. The Hall–Kier alpha value is -0.660. The highest BCUT2D eigenvalue weighted by molar-refractivity contribution is 5.81. The minimum Gasteiger partial charge on any atom is -1.00 e. The molecular weight excluding hydrogens is 417 g/mol. The van der Waals surface area contributed by atoms with Crippen molar-refractivity contribution >= 4 is 5.97 Å². The van der Waals surface area contributed by atoms with Gasteiger partial charge in [0, 0.05) is 12.3 Å². The smallest absolute Gasteiger partial charge is 0.343 e. The number of ether oxygens (including phenoxy) is 1. The number of likely N-dealkylation sites (tertiary alicyclic amines) is 1. The molecule has 1 aliphatic heterocycles. The molecule has 1 saturated heterocycles. The van der Waals surface area contributed by atoms with E-state index in [2.05, 4.69) is 14.1 Å². The molecule has 1 heterocycles. The van der Waals surface area contributed by atoms with Crippen LogP contribution >= 0.6 is 0 Å². The minimum absolute atomic E-state index is 0. The molecule has 1 aromatic rings. The lowest BCUT2D eigenvalue weighted by molar-refractivity contribution is -0.879. The van der Waals surface area contributed by atoms with Gasteiger partial charge < -0.3 is 38.3 Å². The third-order valence-electron chi connectivity index (χ3n) is 5.50. The van der Waals surface area contributed by atoms with Crippen molar-refractivity contribution in [2.75, 3.05) is 27.2 Å². The molecule has 2 fully saturated rings. The molecule has 5 heteroatoms. The molecule has 3 rings (SSSR count). The largest absolute Gasteiger partial charge is 1.00 e. The van der Waals surface area contributed by atoms with Gasteiger partial charge in [0.1, 0.15) is 6.54 Å². The first-order chi connectivity index (χ1) is 10.9. The van der Waals surface area contributed by atoms with Crippen LogP contribution in [-0.4, -0.2) is 48.8 Å². The first-order valence-electron chi connectivity index (χ1n) is 8.73. The third kappa shape index (κ3) is 3.94. The molecule has 2 aliphatic rings.